The molecule has 2 aliphatic rings. The molecular formula is C25H24FN3O3. The monoisotopic (exact) mass is 433 g/mol. The maximum Gasteiger partial charge on any atom is 0.272 e. The van der Waals surface area contributed by atoms with E-state index in [4.69, 9.17) is 4.74 Å². The molecule has 0 aliphatic carbocycles. The predicted molar refractivity (Wildman–Crippen MR) is 118 cm³/mol. The number of fused-ring (bicyclic) bond motifs is 2. The summed E-state index contributed by atoms with van der Waals surface area (Å²) in [5.41, 5.74) is 2.31. The van der Waals surface area contributed by atoms with Crippen LogP contribution in [0.15, 0.2) is 59.5 Å². The fourth-order valence-corrected chi connectivity index (χ4v) is 5.26. The molecule has 1 saturated heterocycles. The number of hydrogen-bond acceptors (Lipinski definition) is 4. The lowest BCUT2D eigenvalue weighted by molar-refractivity contribution is 0.0570. The van der Waals surface area contributed by atoms with Gasteiger partial charge < -0.3 is 9.64 Å². The molecule has 1 aromatic heterocycles. The molecule has 3 heterocycles. The molecule has 0 bridgehead atoms. The SMILES string of the molecule is COc1ccccc1[C@@H](c1ccc(F)cc1)[C@H]1[C@H]2CCCN2C(=O)c2c(C)c(=O)cnn21. The summed E-state index contributed by atoms with van der Waals surface area (Å²) < 4.78 is 21.2. The Morgan fingerprint density at radius 3 is 2.62 bits per heavy atom. The number of methoxy groups -OCH3 is 1. The van der Waals surface area contributed by atoms with Crippen LogP contribution in [0.3, 0.4) is 0 Å². The number of ether oxygens (including phenoxy) is 1. The standard InChI is InChI=1S/C25H24FN3O3/c1-15-20(30)14-27-29-23(15)25(31)28-13-5-7-19(28)24(29)22(16-9-11-17(26)12-10-16)18-6-3-4-8-21(18)32-2/h3-4,6,8-12,14,19,22,24H,5,7,13H2,1-2H3/t19-,22-,24-/m1/s1. The molecular weight excluding hydrogens is 409 g/mol. The Morgan fingerprint density at radius 1 is 1.12 bits per heavy atom. The van der Waals surface area contributed by atoms with Crippen molar-refractivity contribution in [3.05, 3.63) is 93.2 Å². The molecule has 3 atom stereocenters. The highest BCUT2D eigenvalue weighted by molar-refractivity contribution is 5.95. The topological polar surface area (TPSA) is 64.4 Å². The molecule has 7 heteroatoms. The van der Waals surface area contributed by atoms with Gasteiger partial charge in [0.05, 0.1) is 25.4 Å². The first-order valence-electron chi connectivity index (χ1n) is 10.8. The first-order chi connectivity index (χ1) is 15.5. The van der Waals surface area contributed by atoms with Gasteiger partial charge in [-0.15, -0.1) is 0 Å². The quantitative estimate of drug-likeness (QED) is 0.630. The first-order valence-corrected chi connectivity index (χ1v) is 10.8. The van der Waals surface area contributed by atoms with Gasteiger partial charge in [0.15, 0.2) is 0 Å². The lowest BCUT2D eigenvalue weighted by Gasteiger charge is -2.43. The lowest BCUT2D eigenvalue weighted by atomic mass is 9.79. The summed E-state index contributed by atoms with van der Waals surface area (Å²) in [7, 11) is 1.63. The van der Waals surface area contributed by atoms with E-state index in [0.717, 1.165) is 24.0 Å². The largest absolute Gasteiger partial charge is 0.496 e. The molecule has 0 saturated carbocycles. The number of aromatic nitrogens is 2. The molecule has 32 heavy (non-hydrogen) atoms. The van der Waals surface area contributed by atoms with Gasteiger partial charge in [-0.3, -0.25) is 14.3 Å². The number of rotatable bonds is 4. The summed E-state index contributed by atoms with van der Waals surface area (Å²) in [5, 5.41) is 4.46. The second-order valence-electron chi connectivity index (χ2n) is 8.40. The zero-order valence-corrected chi connectivity index (χ0v) is 18.0. The van der Waals surface area contributed by atoms with Crippen LogP contribution in [-0.4, -0.2) is 40.3 Å². The van der Waals surface area contributed by atoms with Crippen molar-refractivity contribution in [3.8, 4) is 5.75 Å². The number of hydrogen-bond donors (Lipinski definition) is 0. The second kappa shape index (κ2) is 7.89. The van der Waals surface area contributed by atoms with E-state index in [0.29, 0.717) is 23.6 Å². The van der Waals surface area contributed by atoms with E-state index in [9.17, 15) is 14.0 Å². The summed E-state index contributed by atoms with van der Waals surface area (Å²) >= 11 is 0. The number of nitrogens with zero attached hydrogens (tertiary/aromatic N) is 3. The van der Waals surface area contributed by atoms with Crippen molar-refractivity contribution in [2.45, 2.75) is 37.8 Å². The summed E-state index contributed by atoms with van der Waals surface area (Å²) in [6.07, 6.45) is 3.00. The van der Waals surface area contributed by atoms with Gasteiger partial charge in [-0.1, -0.05) is 30.3 Å². The highest BCUT2D eigenvalue weighted by Crippen LogP contribution is 2.47. The van der Waals surface area contributed by atoms with Gasteiger partial charge in [0.25, 0.3) is 5.91 Å². The zero-order chi connectivity index (χ0) is 22.4. The average molecular weight is 433 g/mol. The van der Waals surface area contributed by atoms with Gasteiger partial charge >= 0.3 is 0 Å². The molecule has 2 aromatic carbocycles. The number of carbonyl (C=O) groups excluding carboxylic acids is 1. The van der Waals surface area contributed by atoms with Crippen molar-refractivity contribution in [2.75, 3.05) is 13.7 Å². The summed E-state index contributed by atoms with van der Waals surface area (Å²) in [6, 6.07) is 13.8. The smallest absolute Gasteiger partial charge is 0.272 e. The van der Waals surface area contributed by atoms with Crippen LogP contribution in [0.1, 0.15) is 52.0 Å². The molecule has 0 N–H and O–H groups in total. The Hall–Kier alpha value is -3.48. The minimum absolute atomic E-state index is 0.0932. The number of carbonyl (C=O) groups is 1. The van der Waals surface area contributed by atoms with Crippen LogP contribution in [0, 0.1) is 12.7 Å². The summed E-state index contributed by atoms with van der Waals surface area (Å²) in [5.74, 6) is -0.0163. The number of para-hydroxylation sites is 1. The van der Waals surface area contributed by atoms with Gasteiger partial charge in [-0.25, -0.2) is 4.39 Å². The van der Waals surface area contributed by atoms with Gasteiger partial charge in [-0.2, -0.15) is 5.10 Å². The van der Waals surface area contributed by atoms with E-state index in [-0.39, 0.29) is 35.2 Å². The van der Waals surface area contributed by atoms with E-state index >= 15 is 0 Å². The third kappa shape index (κ3) is 3.11. The van der Waals surface area contributed by atoms with Gasteiger partial charge in [0, 0.05) is 23.6 Å². The van der Waals surface area contributed by atoms with E-state index < -0.39 is 0 Å². The van der Waals surface area contributed by atoms with Gasteiger partial charge in [0.1, 0.15) is 17.3 Å². The maximum atomic E-state index is 13.8. The fourth-order valence-electron chi connectivity index (χ4n) is 5.26. The third-order valence-corrected chi connectivity index (χ3v) is 6.74. The molecule has 0 spiro atoms. The molecule has 5 rings (SSSR count). The molecule has 6 nitrogen and oxygen atoms in total. The van der Waals surface area contributed by atoms with Crippen LogP contribution >= 0.6 is 0 Å². The molecule has 0 unspecified atom stereocenters. The third-order valence-electron chi connectivity index (χ3n) is 6.74. The van der Waals surface area contributed by atoms with Crippen LogP contribution in [0.2, 0.25) is 0 Å². The normalized spacial score (nSPS) is 20.6. The van der Waals surface area contributed by atoms with Crippen molar-refractivity contribution < 1.29 is 13.9 Å². The summed E-state index contributed by atoms with van der Waals surface area (Å²) in [6.45, 7) is 2.32. The Balaban J connectivity index is 1.80. The average Bonchev–Trinajstić information content (AvgIpc) is 3.30. The highest BCUT2D eigenvalue weighted by atomic mass is 19.1. The second-order valence-corrected chi connectivity index (χ2v) is 8.40. The first kappa shape index (κ1) is 20.4. The number of halogens is 1. The van der Waals surface area contributed by atoms with Crippen molar-refractivity contribution in [1.82, 2.24) is 14.7 Å². The number of benzene rings is 2. The van der Waals surface area contributed by atoms with Crippen LogP contribution in [0.5, 0.6) is 5.75 Å². The number of amides is 1. The Kier molecular flexibility index (Phi) is 5.04. The maximum absolute atomic E-state index is 13.8. The van der Waals surface area contributed by atoms with Gasteiger partial charge in [-0.05, 0) is 43.5 Å². The fraction of sp³-hybridized carbons (Fsp3) is 0.320. The molecule has 0 radical (unpaired) electrons. The Labute approximate surface area is 185 Å². The molecule has 3 aromatic rings. The van der Waals surface area contributed by atoms with Gasteiger partial charge in [0.2, 0.25) is 5.43 Å². The molecule has 1 amide bonds. The van der Waals surface area contributed by atoms with Crippen LogP contribution in [-0.2, 0) is 0 Å². The molecule has 164 valence electrons. The van der Waals surface area contributed by atoms with Crippen LogP contribution < -0.4 is 10.2 Å². The van der Waals surface area contributed by atoms with Crippen molar-refractivity contribution >= 4 is 5.91 Å². The minimum Gasteiger partial charge on any atom is -0.496 e. The van der Waals surface area contributed by atoms with E-state index in [1.807, 2.05) is 29.2 Å². The minimum atomic E-state index is -0.313. The lowest BCUT2D eigenvalue weighted by Crippen LogP contribution is -2.51. The highest BCUT2D eigenvalue weighted by Gasteiger charge is 2.47. The van der Waals surface area contributed by atoms with E-state index in [1.54, 1.807) is 30.8 Å². The summed E-state index contributed by atoms with van der Waals surface area (Å²) in [4.78, 5) is 27.6. The van der Waals surface area contributed by atoms with Crippen LogP contribution in [0.25, 0.3) is 0 Å². The van der Waals surface area contributed by atoms with Crippen LogP contribution in [0.4, 0.5) is 4.39 Å². The zero-order valence-electron chi connectivity index (χ0n) is 18.0. The van der Waals surface area contributed by atoms with Crippen molar-refractivity contribution in [2.24, 2.45) is 0 Å². The molecule has 1 fully saturated rings. The van der Waals surface area contributed by atoms with E-state index in [1.165, 1.54) is 18.3 Å². The predicted octanol–water partition coefficient (Wildman–Crippen LogP) is 3.69. The Bertz CT molecular complexity index is 1240. The molecule has 2 aliphatic heterocycles. The van der Waals surface area contributed by atoms with Crippen molar-refractivity contribution in [1.29, 1.82) is 0 Å². The van der Waals surface area contributed by atoms with E-state index in [2.05, 4.69) is 5.10 Å². The van der Waals surface area contributed by atoms with Crippen molar-refractivity contribution in [3.63, 3.8) is 0 Å². The Morgan fingerprint density at radius 2 is 1.88 bits per heavy atom.